The number of fused-ring (bicyclic) bond motifs is 1. The normalized spacial score (nSPS) is 26.7. The maximum absolute atomic E-state index is 12.6. The summed E-state index contributed by atoms with van der Waals surface area (Å²) in [4.78, 5) is 21.5. The fraction of sp³-hybridized carbons (Fsp3) is 0.750. The Labute approximate surface area is 125 Å². The molecule has 1 saturated heterocycles. The van der Waals surface area contributed by atoms with Gasteiger partial charge in [-0.1, -0.05) is 6.42 Å². The third kappa shape index (κ3) is 2.48. The molecule has 0 N–H and O–H groups in total. The summed E-state index contributed by atoms with van der Waals surface area (Å²) in [5, 5.41) is 0. The number of carbonyl (C=O) groups is 1. The van der Waals surface area contributed by atoms with E-state index in [1.165, 1.54) is 38.0 Å². The Kier molecular flexibility index (Phi) is 3.45. The van der Waals surface area contributed by atoms with E-state index < -0.39 is 0 Å². The zero-order valence-corrected chi connectivity index (χ0v) is 12.6. The molecule has 3 aliphatic rings. The Hall–Kier alpha value is -1.36. The molecule has 0 unspecified atom stereocenters. The van der Waals surface area contributed by atoms with Crippen molar-refractivity contribution in [3.8, 4) is 0 Å². The van der Waals surface area contributed by atoms with E-state index >= 15 is 0 Å². The Bertz CT molecular complexity index is 516. The van der Waals surface area contributed by atoms with Crippen molar-refractivity contribution >= 4 is 5.91 Å². The molecule has 21 heavy (non-hydrogen) atoms. The molecule has 4 rings (SSSR count). The number of hydrogen-bond donors (Lipinski definition) is 0. The summed E-state index contributed by atoms with van der Waals surface area (Å²) in [7, 11) is 0. The smallest absolute Gasteiger partial charge is 0.226 e. The first-order chi connectivity index (χ1) is 10.3. The van der Waals surface area contributed by atoms with Crippen molar-refractivity contribution in [3.05, 3.63) is 18.2 Å². The lowest BCUT2D eigenvalue weighted by Crippen LogP contribution is -2.47. The Morgan fingerprint density at radius 3 is 2.76 bits per heavy atom. The van der Waals surface area contributed by atoms with Gasteiger partial charge in [0.2, 0.25) is 5.91 Å². The number of rotatable bonds is 3. The van der Waals surface area contributed by atoms with Gasteiger partial charge in [0.25, 0.3) is 0 Å². The van der Waals surface area contributed by atoms with Crippen LogP contribution in [0.2, 0.25) is 0 Å². The highest BCUT2D eigenvalue weighted by Crippen LogP contribution is 2.31. The van der Waals surface area contributed by atoms with Gasteiger partial charge in [0.15, 0.2) is 0 Å². The van der Waals surface area contributed by atoms with Crippen molar-refractivity contribution in [1.82, 2.24) is 19.4 Å². The summed E-state index contributed by atoms with van der Waals surface area (Å²) < 4.78 is 2.29. The molecule has 3 heterocycles. The van der Waals surface area contributed by atoms with E-state index in [9.17, 15) is 4.79 Å². The standard InChI is InChI=1S/C16H24N4O/c21-16(13-4-3-5-13)19-10-14-8-17-12-20(14)15(11-19)9-18-6-1-2-7-18/h8,12-13,15H,1-7,9-11H2/t15-/m1/s1. The highest BCUT2D eigenvalue weighted by molar-refractivity contribution is 5.79. The third-order valence-electron chi connectivity index (χ3n) is 5.36. The van der Waals surface area contributed by atoms with E-state index in [1.54, 1.807) is 0 Å². The average Bonchev–Trinajstić information content (AvgIpc) is 3.06. The van der Waals surface area contributed by atoms with Crippen LogP contribution in [-0.4, -0.2) is 51.4 Å². The second-order valence-electron chi connectivity index (χ2n) is 6.80. The molecule has 1 aliphatic carbocycles. The van der Waals surface area contributed by atoms with Crippen LogP contribution in [0.25, 0.3) is 0 Å². The molecular formula is C16H24N4O. The van der Waals surface area contributed by atoms with Gasteiger partial charge >= 0.3 is 0 Å². The second kappa shape index (κ2) is 5.44. The number of imidazole rings is 1. The predicted octanol–water partition coefficient (Wildman–Crippen LogP) is 1.66. The number of likely N-dealkylation sites (tertiary alicyclic amines) is 1. The van der Waals surface area contributed by atoms with Gasteiger partial charge in [0, 0.05) is 25.2 Å². The number of nitrogens with zero attached hydrogens (tertiary/aromatic N) is 4. The third-order valence-corrected chi connectivity index (χ3v) is 5.36. The molecular weight excluding hydrogens is 264 g/mol. The lowest BCUT2D eigenvalue weighted by Gasteiger charge is -2.39. The van der Waals surface area contributed by atoms with E-state index in [2.05, 4.69) is 19.4 Å². The Morgan fingerprint density at radius 2 is 2.05 bits per heavy atom. The summed E-state index contributed by atoms with van der Waals surface area (Å²) in [6, 6.07) is 0.373. The minimum Gasteiger partial charge on any atom is -0.334 e. The molecule has 5 heteroatoms. The second-order valence-corrected chi connectivity index (χ2v) is 6.80. The first-order valence-electron chi connectivity index (χ1n) is 8.33. The van der Waals surface area contributed by atoms with Gasteiger partial charge in [-0.2, -0.15) is 0 Å². The molecule has 2 aliphatic heterocycles. The van der Waals surface area contributed by atoms with Gasteiger partial charge in [-0.25, -0.2) is 4.98 Å². The first-order valence-corrected chi connectivity index (χ1v) is 8.33. The molecule has 5 nitrogen and oxygen atoms in total. The van der Waals surface area contributed by atoms with E-state index in [0.717, 1.165) is 32.5 Å². The van der Waals surface area contributed by atoms with Crippen LogP contribution in [0.5, 0.6) is 0 Å². The van der Waals surface area contributed by atoms with Gasteiger partial charge in [-0.15, -0.1) is 0 Å². The molecule has 1 aromatic rings. The molecule has 1 amide bonds. The van der Waals surface area contributed by atoms with Crippen molar-refractivity contribution in [2.24, 2.45) is 5.92 Å². The van der Waals surface area contributed by atoms with Crippen molar-refractivity contribution in [3.63, 3.8) is 0 Å². The molecule has 0 radical (unpaired) electrons. The Morgan fingerprint density at radius 1 is 1.24 bits per heavy atom. The summed E-state index contributed by atoms with van der Waals surface area (Å²) in [5.41, 5.74) is 1.19. The molecule has 2 fully saturated rings. The van der Waals surface area contributed by atoms with E-state index in [0.29, 0.717) is 17.9 Å². The fourth-order valence-electron chi connectivity index (χ4n) is 3.88. The van der Waals surface area contributed by atoms with Gasteiger partial charge in [-0.3, -0.25) is 4.79 Å². The largest absolute Gasteiger partial charge is 0.334 e. The summed E-state index contributed by atoms with van der Waals surface area (Å²) in [5.74, 6) is 0.673. The van der Waals surface area contributed by atoms with E-state index in [1.807, 2.05) is 12.5 Å². The number of aromatic nitrogens is 2. The number of carbonyl (C=O) groups excluding carboxylic acids is 1. The van der Waals surface area contributed by atoms with Gasteiger partial charge in [0.05, 0.1) is 24.6 Å². The first kappa shape index (κ1) is 13.3. The molecule has 114 valence electrons. The highest BCUT2D eigenvalue weighted by Gasteiger charge is 2.34. The minimum atomic E-state index is 0.298. The van der Waals surface area contributed by atoms with E-state index in [4.69, 9.17) is 0 Å². The zero-order valence-electron chi connectivity index (χ0n) is 12.6. The maximum atomic E-state index is 12.6. The van der Waals surface area contributed by atoms with Crippen LogP contribution in [-0.2, 0) is 11.3 Å². The monoisotopic (exact) mass is 288 g/mol. The van der Waals surface area contributed by atoms with Crippen LogP contribution < -0.4 is 0 Å². The van der Waals surface area contributed by atoms with Crippen LogP contribution in [0.15, 0.2) is 12.5 Å². The Balaban J connectivity index is 1.50. The highest BCUT2D eigenvalue weighted by atomic mass is 16.2. The SMILES string of the molecule is O=C(C1CCC1)N1Cc2cncn2[C@H](CN2CCCC2)C1. The lowest BCUT2D eigenvalue weighted by atomic mass is 9.84. The van der Waals surface area contributed by atoms with Crippen LogP contribution in [0.3, 0.4) is 0 Å². The van der Waals surface area contributed by atoms with Crippen LogP contribution in [0.4, 0.5) is 0 Å². The summed E-state index contributed by atoms with van der Waals surface area (Å²) >= 11 is 0. The van der Waals surface area contributed by atoms with Gasteiger partial charge in [-0.05, 0) is 38.8 Å². The van der Waals surface area contributed by atoms with Crippen molar-refractivity contribution < 1.29 is 4.79 Å². The van der Waals surface area contributed by atoms with Gasteiger partial charge in [0.1, 0.15) is 0 Å². The number of hydrogen-bond acceptors (Lipinski definition) is 3. The van der Waals surface area contributed by atoms with Crippen molar-refractivity contribution in [2.45, 2.75) is 44.7 Å². The number of amides is 1. The summed E-state index contributed by atoms with van der Waals surface area (Å²) in [6.07, 6.45) is 9.90. The quantitative estimate of drug-likeness (QED) is 0.849. The predicted molar refractivity (Wildman–Crippen MR) is 79.7 cm³/mol. The van der Waals surface area contributed by atoms with Crippen LogP contribution in [0.1, 0.15) is 43.8 Å². The van der Waals surface area contributed by atoms with Crippen LogP contribution >= 0.6 is 0 Å². The minimum absolute atomic E-state index is 0.298. The molecule has 0 bridgehead atoms. The van der Waals surface area contributed by atoms with Crippen molar-refractivity contribution in [2.75, 3.05) is 26.2 Å². The average molecular weight is 288 g/mol. The van der Waals surface area contributed by atoms with E-state index in [-0.39, 0.29) is 0 Å². The maximum Gasteiger partial charge on any atom is 0.226 e. The topological polar surface area (TPSA) is 41.4 Å². The fourth-order valence-corrected chi connectivity index (χ4v) is 3.88. The molecule has 1 aromatic heterocycles. The molecule has 0 spiro atoms. The molecule has 1 saturated carbocycles. The zero-order chi connectivity index (χ0) is 14.2. The van der Waals surface area contributed by atoms with Crippen LogP contribution in [0, 0.1) is 5.92 Å². The van der Waals surface area contributed by atoms with Crippen molar-refractivity contribution in [1.29, 1.82) is 0 Å². The summed E-state index contributed by atoms with van der Waals surface area (Å²) in [6.45, 7) is 5.06. The van der Waals surface area contributed by atoms with Gasteiger partial charge < -0.3 is 14.4 Å². The molecule has 0 aromatic carbocycles. The lowest BCUT2D eigenvalue weighted by molar-refractivity contribution is -0.140. The molecule has 1 atom stereocenters.